The quantitative estimate of drug-likeness (QED) is 0.866. The number of anilines is 1. The van der Waals surface area contributed by atoms with E-state index < -0.39 is 0 Å². The molecule has 0 fully saturated rings. The molecule has 2 aromatic rings. The number of aryl methyl sites for hydroxylation is 1. The maximum Gasteiger partial charge on any atom is 0.226 e. The molecule has 9 heteroatoms. The van der Waals surface area contributed by atoms with Gasteiger partial charge in [-0.3, -0.25) is 4.79 Å². The number of carbonyl (C=O) groups is 1. The fourth-order valence-electron chi connectivity index (χ4n) is 1.67. The van der Waals surface area contributed by atoms with Crippen LogP contribution in [0.2, 0.25) is 5.02 Å². The number of benzene rings is 1. The Bertz CT molecular complexity index is 618. The van der Waals surface area contributed by atoms with E-state index in [4.69, 9.17) is 21.1 Å². The van der Waals surface area contributed by atoms with Crippen LogP contribution in [0.15, 0.2) is 18.5 Å². The summed E-state index contributed by atoms with van der Waals surface area (Å²) in [6.45, 7) is 0.381. The first kappa shape index (κ1) is 15.0. The van der Waals surface area contributed by atoms with Crippen molar-refractivity contribution in [3.05, 3.63) is 23.5 Å². The molecule has 112 valence electrons. The van der Waals surface area contributed by atoms with E-state index in [0.717, 1.165) is 0 Å². The second-order valence-corrected chi connectivity index (χ2v) is 4.47. The molecule has 0 radical (unpaired) electrons. The topological polar surface area (TPSA) is 91.2 Å². The number of rotatable bonds is 6. The summed E-state index contributed by atoms with van der Waals surface area (Å²) in [7, 11) is 2.99. The highest BCUT2D eigenvalue weighted by Crippen LogP contribution is 2.35. The molecular formula is C12H14ClN5O3. The van der Waals surface area contributed by atoms with Crippen LogP contribution in [0.4, 0.5) is 5.69 Å². The Morgan fingerprint density at radius 1 is 1.33 bits per heavy atom. The molecule has 0 aliphatic rings. The monoisotopic (exact) mass is 311 g/mol. The van der Waals surface area contributed by atoms with Gasteiger partial charge in [-0.25, -0.2) is 4.68 Å². The molecule has 0 unspecified atom stereocenters. The number of amides is 1. The van der Waals surface area contributed by atoms with Crippen LogP contribution in [0.25, 0.3) is 0 Å². The highest BCUT2D eigenvalue weighted by molar-refractivity contribution is 6.32. The van der Waals surface area contributed by atoms with Crippen LogP contribution in [-0.4, -0.2) is 40.3 Å². The minimum atomic E-state index is -0.201. The van der Waals surface area contributed by atoms with E-state index in [1.54, 1.807) is 12.1 Å². The molecule has 0 saturated heterocycles. The summed E-state index contributed by atoms with van der Waals surface area (Å²) < 4.78 is 11.8. The molecule has 0 aliphatic heterocycles. The Hall–Kier alpha value is -2.35. The molecule has 1 N–H and O–H groups in total. The molecule has 2 rings (SSSR count). The van der Waals surface area contributed by atoms with Gasteiger partial charge in [-0.15, -0.1) is 5.10 Å². The Morgan fingerprint density at radius 3 is 2.71 bits per heavy atom. The average Bonchev–Trinajstić information content (AvgIpc) is 2.99. The van der Waals surface area contributed by atoms with Crippen LogP contribution in [-0.2, 0) is 11.3 Å². The van der Waals surface area contributed by atoms with E-state index in [0.29, 0.717) is 28.8 Å². The summed E-state index contributed by atoms with van der Waals surface area (Å²) in [6, 6.07) is 3.19. The normalized spacial score (nSPS) is 10.2. The predicted molar refractivity (Wildman–Crippen MR) is 75.6 cm³/mol. The van der Waals surface area contributed by atoms with Crippen molar-refractivity contribution in [2.24, 2.45) is 0 Å². The summed E-state index contributed by atoms with van der Waals surface area (Å²) in [5.74, 6) is 0.706. The van der Waals surface area contributed by atoms with Gasteiger partial charge in [0.05, 0.1) is 31.5 Å². The summed E-state index contributed by atoms with van der Waals surface area (Å²) >= 11 is 6.00. The van der Waals surface area contributed by atoms with Gasteiger partial charge in [-0.1, -0.05) is 11.6 Å². The van der Waals surface area contributed by atoms with Crippen LogP contribution in [0.3, 0.4) is 0 Å². The van der Waals surface area contributed by atoms with Crippen molar-refractivity contribution in [1.29, 1.82) is 0 Å². The Labute approximate surface area is 126 Å². The molecule has 1 amide bonds. The summed E-state index contributed by atoms with van der Waals surface area (Å²) in [6.07, 6.45) is 1.66. The molecule has 0 spiro atoms. The van der Waals surface area contributed by atoms with Crippen LogP contribution in [0.5, 0.6) is 11.5 Å². The average molecular weight is 312 g/mol. The van der Waals surface area contributed by atoms with Crippen LogP contribution >= 0.6 is 11.6 Å². The van der Waals surface area contributed by atoms with Gasteiger partial charge in [0.1, 0.15) is 17.8 Å². The number of nitrogens with one attached hydrogen (secondary N) is 1. The number of halogens is 1. The van der Waals surface area contributed by atoms with E-state index in [1.807, 2.05) is 0 Å². The predicted octanol–water partition coefficient (Wildman–Crippen LogP) is 1.37. The molecule has 21 heavy (non-hydrogen) atoms. The number of hydrogen-bond acceptors (Lipinski definition) is 6. The van der Waals surface area contributed by atoms with Gasteiger partial charge in [0.2, 0.25) is 5.91 Å². The molecule has 0 atom stereocenters. The summed E-state index contributed by atoms with van der Waals surface area (Å²) in [4.78, 5) is 11.9. The molecule has 0 saturated carbocycles. The molecule has 0 aliphatic carbocycles. The number of tetrazole rings is 1. The van der Waals surface area contributed by atoms with Gasteiger partial charge in [-0.2, -0.15) is 0 Å². The van der Waals surface area contributed by atoms with Crippen molar-refractivity contribution in [3.63, 3.8) is 0 Å². The highest BCUT2D eigenvalue weighted by Gasteiger charge is 2.12. The largest absolute Gasteiger partial charge is 0.495 e. The van der Waals surface area contributed by atoms with Gasteiger partial charge in [0, 0.05) is 18.6 Å². The SMILES string of the molecule is COc1cc(NC(=O)CCn2cnnn2)c(OC)cc1Cl. The zero-order valence-electron chi connectivity index (χ0n) is 11.5. The maximum absolute atomic E-state index is 11.9. The third-order valence-corrected chi connectivity index (χ3v) is 3.00. The fourth-order valence-corrected chi connectivity index (χ4v) is 1.90. The van der Waals surface area contributed by atoms with E-state index in [2.05, 4.69) is 20.8 Å². The highest BCUT2D eigenvalue weighted by atomic mass is 35.5. The van der Waals surface area contributed by atoms with Crippen LogP contribution in [0, 0.1) is 0 Å². The Morgan fingerprint density at radius 2 is 2.10 bits per heavy atom. The lowest BCUT2D eigenvalue weighted by Crippen LogP contribution is -2.15. The Balaban J connectivity index is 2.05. The lowest BCUT2D eigenvalue weighted by atomic mass is 10.2. The van der Waals surface area contributed by atoms with Crippen LogP contribution in [0.1, 0.15) is 6.42 Å². The van der Waals surface area contributed by atoms with Crippen molar-refractivity contribution in [2.45, 2.75) is 13.0 Å². The second kappa shape index (κ2) is 6.89. The first-order chi connectivity index (χ1) is 10.1. The molecular weight excluding hydrogens is 298 g/mol. The zero-order valence-corrected chi connectivity index (χ0v) is 12.3. The molecule has 1 aromatic carbocycles. The minimum Gasteiger partial charge on any atom is -0.495 e. The smallest absolute Gasteiger partial charge is 0.226 e. The van der Waals surface area contributed by atoms with Gasteiger partial charge >= 0.3 is 0 Å². The van der Waals surface area contributed by atoms with Crippen molar-refractivity contribution in [3.8, 4) is 11.5 Å². The Kier molecular flexibility index (Phi) is 4.94. The van der Waals surface area contributed by atoms with Crippen LogP contribution < -0.4 is 14.8 Å². The van der Waals surface area contributed by atoms with E-state index in [9.17, 15) is 4.79 Å². The van der Waals surface area contributed by atoms with Gasteiger partial charge in [0.25, 0.3) is 0 Å². The van der Waals surface area contributed by atoms with Crippen molar-refractivity contribution in [2.75, 3.05) is 19.5 Å². The molecule has 1 heterocycles. The fraction of sp³-hybridized carbons (Fsp3) is 0.333. The van der Waals surface area contributed by atoms with E-state index in [-0.39, 0.29) is 12.3 Å². The number of carbonyl (C=O) groups excluding carboxylic acids is 1. The number of nitrogens with zero attached hydrogens (tertiary/aromatic N) is 4. The molecule has 0 bridgehead atoms. The van der Waals surface area contributed by atoms with Crippen molar-refractivity contribution < 1.29 is 14.3 Å². The van der Waals surface area contributed by atoms with E-state index in [1.165, 1.54) is 25.2 Å². The molecule has 1 aromatic heterocycles. The second-order valence-electron chi connectivity index (χ2n) is 4.06. The third-order valence-electron chi connectivity index (χ3n) is 2.71. The first-order valence-corrected chi connectivity index (χ1v) is 6.44. The van der Waals surface area contributed by atoms with Gasteiger partial charge in [0.15, 0.2) is 0 Å². The maximum atomic E-state index is 11.9. The number of hydrogen-bond donors (Lipinski definition) is 1. The molecule has 8 nitrogen and oxygen atoms in total. The summed E-state index contributed by atoms with van der Waals surface area (Å²) in [5, 5.41) is 13.8. The number of aromatic nitrogens is 4. The van der Waals surface area contributed by atoms with Gasteiger partial charge in [-0.05, 0) is 10.4 Å². The minimum absolute atomic E-state index is 0.201. The van der Waals surface area contributed by atoms with Gasteiger partial charge < -0.3 is 14.8 Å². The van der Waals surface area contributed by atoms with E-state index >= 15 is 0 Å². The lowest BCUT2D eigenvalue weighted by Gasteiger charge is -2.13. The van der Waals surface area contributed by atoms with Crippen molar-refractivity contribution in [1.82, 2.24) is 20.2 Å². The first-order valence-electron chi connectivity index (χ1n) is 6.06. The van der Waals surface area contributed by atoms with Crippen molar-refractivity contribution >= 4 is 23.2 Å². The number of methoxy groups -OCH3 is 2. The zero-order chi connectivity index (χ0) is 15.2. The standard InChI is InChI=1S/C12H14ClN5O3/c1-20-10-6-9(11(21-2)5-8(10)13)15-12(19)3-4-18-7-14-16-17-18/h5-7H,3-4H2,1-2H3,(H,15,19). The lowest BCUT2D eigenvalue weighted by molar-refractivity contribution is -0.116. The number of ether oxygens (including phenoxy) is 2. The third kappa shape index (κ3) is 3.82. The summed E-state index contributed by atoms with van der Waals surface area (Å²) in [5.41, 5.74) is 0.487.